The van der Waals surface area contributed by atoms with Gasteiger partial charge in [-0.2, -0.15) is 0 Å². The van der Waals surface area contributed by atoms with Crippen molar-refractivity contribution in [2.24, 2.45) is 5.92 Å². The zero-order valence-electron chi connectivity index (χ0n) is 17.5. The van der Waals surface area contributed by atoms with Crippen molar-refractivity contribution in [2.45, 2.75) is 56.2 Å². The van der Waals surface area contributed by atoms with Crippen molar-refractivity contribution in [3.63, 3.8) is 0 Å². The lowest BCUT2D eigenvalue weighted by molar-refractivity contribution is -0.121. The summed E-state index contributed by atoms with van der Waals surface area (Å²) in [5.41, 5.74) is 2.42. The van der Waals surface area contributed by atoms with Gasteiger partial charge in [0.2, 0.25) is 5.91 Å². The number of rotatable bonds is 7. The molecule has 0 aromatic heterocycles. The quantitative estimate of drug-likeness (QED) is 0.521. The molecule has 1 fully saturated rings. The Balaban J connectivity index is 1.58. The highest BCUT2D eigenvalue weighted by molar-refractivity contribution is 8.00. The van der Waals surface area contributed by atoms with E-state index in [9.17, 15) is 4.79 Å². The fourth-order valence-electron chi connectivity index (χ4n) is 3.79. The van der Waals surface area contributed by atoms with Crippen LogP contribution in [-0.2, 0) is 4.79 Å². The molecule has 5 heteroatoms. The minimum absolute atomic E-state index is 0.0169. The number of halogens is 1. The molecule has 2 aromatic rings. The molecule has 1 aliphatic heterocycles. The second kappa shape index (κ2) is 10.4. The van der Waals surface area contributed by atoms with Gasteiger partial charge >= 0.3 is 0 Å². The average Bonchev–Trinajstić information content (AvgIpc) is 2.73. The summed E-state index contributed by atoms with van der Waals surface area (Å²) in [7, 11) is 0. The molecule has 156 valence electrons. The monoisotopic (exact) mass is 430 g/mol. The van der Waals surface area contributed by atoms with E-state index in [4.69, 9.17) is 11.6 Å². The average molecular weight is 431 g/mol. The van der Waals surface area contributed by atoms with Crippen molar-refractivity contribution >= 4 is 35.0 Å². The van der Waals surface area contributed by atoms with Gasteiger partial charge in [0.1, 0.15) is 0 Å². The van der Waals surface area contributed by atoms with Gasteiger partial charge < -0.3 is 10.2 Å². The topological polar surface area (TPSA) is 32.3 Å². The minimum atomic E-state index is -0.118. The lowest BCUT2D eigenvalue weighted by Gasteiger charge is -2.33. The largest absolute Gasteiger partial charge is 0.371 e. The predicted molar refractivity (Wildman–Crippen MR) is 125 cm³/mol. The molecule has 3 atom stereocenters. The Morgan fingerprint density at radius 2 is 1.90 bits per heavy atom. The molecule has 0 radical (unpaired) electrons. The van der Waals surface area contributed by atoms with Crippen LogP contribution < -0.4 is 10.2 Å². The zero-order valence-corrected chi connectivity index (χ0v) is 19.1. The second-order valence-electron chi connectivity index (χ2n) is 7.98. The Bertz CT molecular complexity index is 794. The van der Waals surface area contributed by atoms with E-state index >= 15 is 0 Å². The number of carbonyl (C=O) groups is 1. The van der Waals surface area contributed by atoms with Crippen molar-refractivity contribution in [1.29, 1.82) is 0 Å². The number of amides is 1. The number of thioether (sulfide) groups is 1. The highest BCUT2D eigenvalue weighted by atomic mass is 35.5. The summed E-state index contributed by atoms with van der Waals surface area (Å²) in [5, 5.41) is 3.78. The molecule has 1 amide bonds. The number of hydrogen-bond acceptors (Lipinski definition) is 3. The van der Waals surface area contributed by atoms with Crippen LogP contribution in [0.5, 0.6) is 0 Å². The van der Waals surface area contributed by atoms with Crippen LogP contribution in [0.1, 0.15) is 51.6 Å². The number of nitrogens with zero attached hydrogens (tertiary/aromatic N) is 1. The van der Waals surface area contributed by atoms with E-state index in [1.807, 2.05) is 31.2 Å². The van der Waals surface area contributed by atoms with Crippen LogP contribution in [0.15, 0.2) is 53.4 Å². The first kappa shape index (κ1) is 22.0. The molecule has 3 rings (SSSR count). The standard InChI is InChI=1S/C24H31ClN2OS/c1-4-23(29-22-13-9-20(25)10-14-22)24(28)26-18(3)19-7-11-21(12-8-19)27-15-5-6-17(2)16-27/h7-14,17-18,23H,4-6,15-16H2,1-3H3,(H,26,28). The molecule has 3 nitrogen and oxygen atoms in total. The molecule has 0 saturated carbocycles. The fraction of sp³-hybridized carbons (Fsp3) is 0.458. The van der Waals surface area contributed by atoms with Crippen LogP contribution >= 0.6 is 23.4 Å². The maximum absolute atomic E-state index is 12.8. The Morgan fingerprint density at radius 1 is 1.21 bits per heavy atom. The SMILES string of the molecule is CCC(Sc1ccc(Cl)cc1)C(=O)NC(C)c1ccc(N2CCCC(C)C2)cc1. The zero-order chi connectivity index (χ0) is 20.8. The molecule has 1 heterocycles. The first-order chi connectivity index (χ1) is 14.0. The molecule has 1 aliphatic rings. The van der Waals surface area contributed by atoms with E-state index in [1.165, 1.54) is 18.5 Å². The summed E-state index contributed by atoms with van der Waals surface area (Å²) in [6.45, 7) is 8.69. The highest BCUT2D eigenvalue weighted by Gasteiger charge is 2.21. The van der Waals surface area contributed by atoms with Gasteiger partial charge in [-0.3, -0.25) is 4.79 Å². The Hall–Kier alpha value is -1.65. The van der Waals surface area contributed by atoms with E-state index < -0.39 is 0 Å². The van der Waals surface area contributed by atoms with Crippen LogP contribution in [0.2, 0.25) is 5.02 Å². The Labute approximate surface area is 184 Å². The number of hydrogen-bond donors (Lipinski definition) is 1. The van der Waals surface area contributed by atoms with Gasteiger partial charge in [-0.05, 0) is 74.1 Å². The summed E-state index contributed by atoms with van der Waals surface area (Å²) in [4.78, 5) is 16.3. The van der Waals surface area contributed by atoms with Crippen molar-refractivity contribution in [2.75, 3.05) is 18.0 Å². The van der Waals surface area contributed by atoms with E-state index in [0.717, 1.165) is 35.9 Å². The van der Waals surface area contributed by atoms with Crippen LogP contribution in [0, 0.1) is 5.92 Å². The molecule has 0 bridgehead atoms. The second-order valence-corrected chi connectivity index (χ2v) is 9.70. The molecular weight excluding hydrogens is 400 g/mol. The van der Waals surface area contributed by atoms with Crippen molar-refractivity contribution < 1.29 is 4.79 Å². The summed E-state index contributed by atoms with van der Waals surface area (Å²) in [6.07, 6.45) is 3.36. The van der Waals surface area contributed by atoms with Crippen LogP contribution in [0.25, 0.3) is 0 Å². The highest BCUT2D eigenvalue weighted by Crippen LogP contribution is 2.28. The molecular formula is C24H31ClN2OS. The number of piperidine rings is 1. The summed E-state index contributed by atoms with van der Waals surface area (Å²) in [6, 6.07) is 16.3. The Morgan fingerprint density at radius 3 is 2.52 bits per heavy atom. The van der Waals surface area contributed by atoms with Crippen molar-refractivity contribution in [1.82, 2.24) is 5.32 Å². The van der Waals surface area contributed by atoms with Crippen LogP contribution in [0.4, 0.5) is 5.69 Å². The minimum Gasteiger partial charge on any atom is -0.371 e. The van der Waals surface area contributed by atoms with Crippen molar-refractivity contribution in [3.05, 3.63) is 59.1 Å². The number of carbonyl (C=O) groups excluding carboxylic acids is 1. The third kappa shape index (κ3) is 6.16. The molecule has 0 spiro atoms. The number of nitrogens with one attached hydrogen (secondary N) is 1. The van der Waals surface area contributed by atoms with Crippen LogP contribution in [-0.4, -0.2) is 24.2 Å². The van der Waals surface area contributed by atoms with Gasteiger partial charge in [-0.25, -0.2) is 0 Å². The van der Waals surface area contributed by atoms with E-state index in [2.05, 4.69) is 48.3 Å². The molecule has 0 aliphatic carbocycles. The van der Waals surface area contributed by atoms with Gasteiger partial charge in [-0.1, -0.05) is 37.6 Å². The summed E-state index contributed by atoms with van der Waals surface area (Å²) in [5.74, 6) is 0.833. The maximum atomic E-state index is 12.8. The maximum Gasteiger partial charge on any atom is 0.233 e. The third-order valence-corrected chi connectivity index (χ3v) is 7.16. The van der Waals surface area contributed by atoms with Gasteiger partial charge in [0.05, 0.1) is 11.3 Å². The van der Waals surface area contributed by atoms with Crippen molar-refractivity contribution in [3.8, 4) is 0 Å². The number of anilines is 1. The lowest BCUT2D eigenvalue weighted by atomic mass is 9.99. The Kier molecular flexibility index (Phi) is 7.91. The molecule has 29 heavy (non-hydrogen) atoms. The molecule has 2 aromatic carbocycles. The summed E-state index contributed by atoms with van der Waals surface area (Å²) >= 11 is 7.54. The first-order valence-electron chi connectivity index (χ1n) is 10.5. The molecule has 1 N–H and O–H groups in total. The van der Waals surface area contributed by atoms with E-state index in [0.29, 0.717) is 5.02 Å². The number of benzene rings is 2. The van der Waals surface area contributed by atoms with Gasteiger partial charge in [0.15, 0.2) is 0 Å². The predicted octanol–water partition coefficient (Wildman–Crippen LogP) is 6.32. The van der Waals surface area contributed by atoms with E-state index in [1.54, 1.807) is 11.8 Å². The normalized spacial score (nSPS) is 18.9. The first-order valence-corrected chi connectivity index (χ1v) is 11.8. The molecule has 3 unspecified atom stereocenters. The van der Waals surface area contributed by atoms with Gasteiger partial charge in [0.25, 0.3) is 0 Å². The lowest BCUT2D eigenvalue weighted by Crippen LogP contribution is -2.35. The van der Waals surface area contributed by atoms with Gasteiger partial charge in [-0.15, -0.1) is 11.8 Å². The molecule has 1 saturated heterocycles. The van der Waals surface area contributed by atoms with Crippen LogP contribution in [0.3, 0.4) is 0 Å². The summed E-state index contributed by atoms with van der Waals surface area (Å²) < 4.78 is 0. The smallest absolute Gasteiger partial charge is 0.233 e. The van der Waals surface area contributed by atoms with Gasteiger partial charge in [0, 0.05) is 28.7 Å². The fourth-order valence-corrected chi connectivity index (χ4v) is 4.88. The third-order valence-electron chi connectivity index (χ3n) is 5.53. The van der Waals surface area contributed by atoms with E-state index in [-0.39, 0.29) is 17.2 Å².